The second-order valence-corrected chi connectivity index (χ2v) is 4.22. The first kappa shape index (κ1) is 10.6. The molecule has 0 amide bonds. The molecule has 0 aromatic heterocycles. The lowest BCUT2D eigenvalue weighted by atomic mass is 9.81. The Labute approximate surface area is 80.1 Å². The highest BCUT2D eigenvalue weighted by Gasteiger charge is 2.47. The van der Waals surface area contributed by atoms with E-state index in [9.17, 15) is 4.79 Å². The van der Waals surface area contributed by atoms with Crippen molar-refractivity contribution in [2.24, 2.45) is 17.6 Å². The second kappa shape index (κ2) is 3.70. The van der Waals surface area contributed by atoms with Gasteiger partial charge >= 0.3 is 5.97 Å². The smallest absolute Gasteiger partial charge is 0.323 e. The van der Waals surface area contributed by atoms with E-state index in [-0.39, 0.29) is 5.92 Å². The molecule has 1 aliphatic carbocycles. The first-order valence-corrected chi connectivity index (χ1v) is 5.04. The van der Waals surface area contributed by atoms with Gasteiger partial charge in [0.05, 0.1) is 0 Å². The molecule has 1 saturated carbocycles. The van der Waals surface area contributed by atoms with Crippen LogP contribution in [0.5, 0.6) is 0 Å². The van der Waals surface area contributed by atoms with Crippen molar-refractivity contribution >= 4 is 13.8 Å². The van der Waals surface area contributed by atoms with Crippen LogP contribution in [0.2, 0.25) is 6.32 Å². The number of carboxylic acid groups (broad SMARTS) is 1. The summed E-state index contributed by atoms with van der Waals surface area (Å²) in [6, 6.07) is 0. The van der Waals surface area contributed by atoms with Gasteiger partial charge in [0.2, 0.25) is 0 Å². The molecule has 1 rings (SSSR count). The minimum Gasteiger partial charge on any atom is -0.480 e. The molecule has 0 spiro atoms. The molecule has 1 aliphatic rings. The molecular weight excluding hydrogens is 165 g/mol. The molecule has 0 bridgehead atoms. The van der Waals surface area contributed by atoms with E-state index in [1.54, 1.807) is 0 Å². The molecule has 4 heteroatoms. The summed E-state index contributed by atoms with van der Waals surface area (Å²) >= 11 is 0. The van der Waals surface area contributed by atoms with E-state index in [0.717, 1.165) is 19.2 Å². The van der Waals surface area contributed by atoms with Gasteiger partial charge in [-0.3, -0.25) is 4.79 Å². The van der Waals surface area contributed by atoms with Crippen molar-refractivity contribution in [1.29, 1.82) is 0 Å². The van der Waals surface area contributed by atoms with Gasteiger partial charge in [-0.2, -0.15) is 0 Å². The quantitative estimate of drug-likeness (QED) is 0.616. The zero-order valence-electron chi connectivity index (χ0n) is 8.42. The summed E-state index contributed by atoms with van der Waals surface area (Å²) in [4.78, 5) is 11.0. The average molecular weight is 183 g/mol. The zero-order valence-corrected chi connectivity index (χ0v) is 8.42. The Hall–Kier alpha value is -0.505. The van der Waals surface area contributed by atoms with Crippen LogP contribution in [0.1, 0.15) is 26.2 Å². The van der Waals surface area contributed by atoms with Gasteiger partial charge in [-0.05, 0) is 24.7 Å². The summed E-state index contributed by atoms with van der Waals surface area (Å²) in [5, 5.41) is 9.00. The van der Waals surface area contributed by atoms with Crippen molar-refractivity contribution in [3.63, 3.8) is 0 Å². The minimum absolute atomic E-state index is 0.116. The van der Waals surface area contributed by atoms with Crippen molar-refractivity contribution < 1.29 is 9.90 Å². The molecular formula is C9H18BNO2. The van der Waals surface area contributed by atoms with E-state index in [1.807, 2.05) is 6.92 Å². The van der Waals surface area contributed by atoms with Gasteiger partial charge in [0.1, 0.15) is 13.4 Å². The molecule has 1 unspecified atom stereocenters. The van der Waals surface area contributed by atoms with Crippen LogP contribution in [-0.2, 0) is 4.79 Å². The summed E-state index contributed by atoms with van der Waals surface area (Å²) in [5.74, 6) is -0.213. The highest BCUT2D eigenvalue weighted by molar-refractivity contribution is 6.08. The number of rotatable bonds is 3. The summed E-state index contributed by atoms with van der Waals surface area (Å²) in [5.41, 5.74) is 4.91. The summed E-state index contributed by atoms with van der Waals surface area (Å²) < 4.78 is 0. The first-order valence-electron chi connectivity index (χ1n) is 5.04. The molecule has 0 aromatic rings. The van der Waals surface area contributed by atoms with Crippen LogP contribution < -0.4 is 5.73 Å². The van der Waals surface area contributed by atoms with Crippen LogP contribution >= 0.6 is 0 Å². The van der Waals surface area contributed by atoms with Crippen LogP contribution in [0.15, 0.2) is 0 Å². The predicted molar refractivity (Wildman–Crippen MR) is 54.4 cm³/mol. The Kier molecular flexibility index (Phi) is 3.01. The van der Waals surface area contributed by atoms with Crippen molar-refractivity contribution in [2.75, 3.05) is 0 Å². The average Bonchev–Trinajstić information content (AvgIpc) is 2.35. The monoisotopic (exact) mass is 183 g/mol. The third kappa shape index (κ3) is 1.73. The van der Waals surface area contributed by atoms with Crippen molar-refractivity contribution in [1.82, 2.24) is 0 Å². The van der Waals surface area contributed by atoms with Gasteiger partial charge in [-0.25, -0.2) is 0 Å². The van der Waals surface area contributed by atoms with E-state index in [1.165, 1.54) is 0 Å². The van der Waals surface area contributed by atoms with E-state index >= 15 is 0 Å². The van der Waals surface area contributed by atoms with E-state index in [2.05, 4.69) is 7.85 Å². The van der Waals surface area contributed by atoms with Gasteiger partial charge in [-0.15, -0.1) is 0 Å². The summed E-state index contributed by atoms with van der Waals surface area (Å²) in [7, 11) is 2.13. The number of nitrogens with two attached hydrogens (primary N) is 1. The van der Waals surface area contributed by atoms with Crippen LogP contribution in [-0.4, -0.2) is 24.5 Å². The molecule has 13 heavy (non-hydrogen) atoms. The molecule has 3 nitrogen and oxygen atoms in total. The first-order chi connectivity index (χ1) is 6.02. The molecule has 1 fully saturated rings. The molecule has 0 heterocycles. The molecule has 0 saturated heterocycles. The lowest BCUT2D eigenvalue weighted by molar-refractivity contribution is -0.144. The standard InChI is InChI=1S/C9H18BNO2/c1-6-7(3-5-10)2-4-9(6,11)8(12)13/h6-7H,2-5,10-11H2,1H3,(H,12,13)/t6-,7-,9?/m0/s1. The molecule has 74 valence electrons. The molecule has 0 aromatic carbocycles. The zero-order chi connectivity index (χ0) is 10.1. The molecule has 0 radical (unpaired) electrons. The van der Waals surface area contributed by atoms with Crippen molar-refractivity contribution in [3.8, 4) is 0 Å². The second-order valence-electron chi connectivity index (χ2n) is 4.22. The van der Waals surface area contributed by atoms with Crippen molar-refractivity contribution in [2.45, 2.75) is 38.0 Å². The van der Waals surface area contributed by atoms with Crippen LogP contribution in [0.3, 0.4) is 0 Å². The van der Waals surface area contributed by atoms with Crippen LogP contribution in [0.4, 0.5) is 0 Å². The lowest BCUT2D eigenvalue weighted by Crippen LogP contribution is -2.51. The maximum atomic E-state index is 11.0. The number of aliphatic carboxylic acids is 1. The molecule has 0 aliphatic heterocycles. The Morgan fingerprint density at radius 3 is 2.77 bits per heavy atom. The fourth-order valence-corrected chi connectivity index (χ4v) is 2.39. The Bertz CT molecular complexity index is 210. The summed E-state index contributed by atoms with van der Waals surface area (Å²) in [6.07, 6.45) is 3.82. The Morgan fingerprint density at radius 1 is 1.77 bits per heavy atom. The fraction of sp³-hybridized carbons (Fsp3) is 0.889. The maximum absolute atomic E-state index is 11.0. The van der Waals surface area contributed by atoms with Gasteiger partial charge in [-0.1, -0.05) is 19.7 Å². The fourth-order valence-electron chi connectivity index (χ4n) is 2.39. The van der Waals surface area contributed by atoms with Gasteiger partial charge < -0.3 is 10.8 Å². The normalized spacial score (nSPS) is 39.2. The van der Waals surface area contributed by atoms with Gasteiger partial charge in [0.25, 0.3) is 0 Å². The third-order valence-corrected chi connectivity index (χ3v) is 3.51. The van der Waals surface area contributed by atoms with Crippen LogP contribution in [0.25, 0.3) is 0 Å². The highest BCUT2D eigenvalue weighted by atomic mass is 16.4. The van der Waals surface area contributed by atoms with Gasteiger partial charge in [0.15, 0.2) is 0 Å². The number of hydrogen-bond donors (Lipinski definition) is 2. The minimum atomic E-state index is -0.958. The predicted octanol–water partition coefficient (Wildman–Crippen LogP) is 0.256. The van der Waals surface area contributed by atoms with Gasteiger partial charge in [0, 0.05) is 0 Å². The van der Waals surface area contributed by atoms with Crippen molar-refractivity contribution in [3.05, 3.63) is 0 Å². The van der Waals surface area contributed by atoms with Crippen LogP contribution in [0, 0.1) is 11.8 Å². The van der Waals surface area contributed by atoms with E-state index in [4.69, 9.17) is 10.8 Å². The maximum Gasteiger partial charge on any atom is 0.323 e. The largest absolute Gasteiger partial charge is 0.480 e. The number of hydrogen-bond acceptors (Lipinski definition) is 2. The topological polar surface area (TPSA) is 63.3 Å². The number of carbonyl (C=O) groups is 1. The Morgan fingerprint density at radius 2 is 2.38 bits per heavy atom. The molecule has 3 atom stereocenters. The molecule has 3 N–H and O–H groups in total. The van der Waals surface area contributed by atoms with E-state index in [0.29, 0.717) is 12.3 Å². The lowest BCUT2D eigenvalue weighted by Gasteiger charge is -2.26. The SMILES string of the molecule is BCC[C@@H]1CCC(N)(C(=O)O)[C@H]1C. The number of carboxylic acids is 1. The summed E-state index contributed by atoms with van der Waals surface area (Å²) in [6.45, 7) is 1.97. The Balaban J connectivity index is 2.69. The third-order valence-electron chi connectivity index (χ3n) is 3.51. The van der Waals surface area contributed by atoms with E-state index < -0.39 is 11.5 Å². The highest BCUT2D eigenvalue weighted by Crippen LogP contribution is 2.40.